The number of imide groups is 1. The number of aryl methyl sites for hydroxylation is 2. The number of fused-ring (bicyclic) bond motifs is 1. The van der Waals surface area contributed by atoms with E-state index in [4.69, 9.17) is 9.51 Å². The maximum Gasteiger partial charge on any atom is 0.328 e. The Morgan fingerprint density at radius 1 is 0.898 bits per heavy atom. The van der Waals surface area contributed by atoms with Crippen molar-refractivity contribution in [3.63, 3.8) is 0 Å². The van der Waals surface area contributed by atoms with E-state index in [1.54, 1.807) is 4.90 Å². The Balaban J connectivity index is 0.870. The molecule has 1 atom stereocenters. The van der Waals surface area contributed by atoms with Gasteiger partial charge in [-0.3, -0.25) is 29.8 Å². The second-order valence-electron chi connectivity index (χ2n) is 16.6. The lowest BCUT2D eigenvalue weighted by atomic mass is 9.97. The number of amides is 4. The summed E-state index contributed by atoms with van der Waals surface area (Å²) in [7, 11) is 0. The Bertz CT molecular complexity index is 2530. The van der Waals surface area contributed by atoms with Crippen molar-refractivity contribution in [1.29, 1.82) is 0 Å². The highest BCUT2D eigenvalue weighted by Crippen LogP contribution is 2.33. The van der Waals surface area contributed by atoms with E-state index in [0.29, 0.717) is 24.5 Å². The van der Waals surface area contributed by atoms with E-state index in [0.717, 1.165) is 89.3 Å². The number of aromatic amines is 1. The number of nitrogens with one attached hydrogen (secondary N) is 3. The standard InChI is InChI=1S/C45H50N10O4/c1-27-24-32(10-13-35(27)29(3)47-42(57)41-49-43(59-52-41)45(4,5)6)39-36-25-33(26-46-40(36)51-50-39)31-8-11-34(12-9-31)54-21-19-53(20-22-54)17-15-30-7-14-37(28(2)23-30)55-18-16-38(56)48-44(55)58/h7-14,23-26,29H,15-22H2,1-6H3,(H,47,57)(H,46,50,51)(H,48,56,58)/t29-/m1/s1. The highest BCUT2D eigenvalue weighted by atomic mass is 16.5. The largest absolute Gasteiger partial charge is 0.369 e. The molecule has 2 fully saturated rings. The number of rotatable bonds is 10. The fraction of sp³-hybridized carbons (Fsp3) is 0.356. The fourth-order valence-electron chi connectivity index (χ4n) is 7.91. The Labute approximate surface area is 343 Å². The first-order chi connectivity index (χ1) is 28.3. The molecule has 2 saturated heterocycles. The van der Waals surface area contributed by atoms with E-state index < -0.39 is 0 Å². The molecule has 0 saturated carbocycles. The molecule has 0 radical (unpaired) electrons. The molecular formula is C45H50N10O4. The summed E-state index contributed by atoms with van der Waals surface area (Å²) in [6.07, 6.45) is 3.12. The van der Waals surface area contributed by atoms with Crippen molar-refractivity contribution in [1.82, 2.24) is 40.9 Å². The average molecular weight is 795 g/mol. The van der Waals surface area contributed by atoms with Crippen molar-refractivity contribution in [2.24, 2.45) is 0 Å². The van der Waals surface area contributed by atoms with Crippen LogP contribution in [0.2, 0.25) is 0 Å². The third kappa shape index (κ3) is 8.44. The molecule has 2 aliphatic rings. The Morgan fingerprint density at radius 2 is 1.66 bits per heavy atom. The van der Waals surface area contributed by atoms with Crippen LogP contribution in [0.5, 0.6) is 0 Å². The molecule has 14 heteroatoms. The summed E-state index contributed by atoms with van der Waals surface area (Å²) in [5.41, 5.74) is 10.6. The van der Waals surface area contributed by atoms with E-state index in [2.05, 4.69) is 89.3 Å². The SMILES string of the molecule is Cc1cc(-c2[nH]nc3ncc(-c4ccc(N5CCN(CCc6ccc(N7CCC(=O)NC7=O)c(C)c6)CC5)cc4)cc23)ccc1[C@@H](C)NC(=O)c1noc(C(C)(C)C)n1. The third-order valence-electron chi connectivity index (χ3n) is 11.3. The molecule has 0 bridgehead atoms. The number of pyridine rings is 1. The zero-order valence-electron chi connectivity index (χ0n) is 34.4. The van der Waals surface area contributed by atoms with Crippen LogP contribution in [-0.4, -0.2) is 87.3 Å². The number of anilines is 2. The minimum atomic E-state index is -0.385. The number of piperazine rings is 1. The number of aromatic nitrogens is 5. The second-order valence-corrected chi connectivity index (χ2v) is 16.6. The molecular weight excluding hydrogens is 745 g/mol. The normalized spacial score (nSPS) is 15.8. The highest BCUT2D eigenvalue weighted by molar-refractivity contribution is 6.06. The summed E-state index contributed by atoms with van der Waals surface area (Å²) in [5.74, 6) is -0.170. The maximum atomic E-state index is 12.9. The van der Waals surface area contributed by atoms with Gasteiger partial charge in [-0.2, -0.15) is 10.1 Å². The number of H-pyrrole nitrogens is 1. The monoisotopic (exact) mass is 794 g/mol. The molecule has 5 heterocycles. The molecule has 3 aromatic heterocycles. The lowest BCUT2D eigenvalue weighted by Crippen LogP contribution is -2.49. The summed E-state index contributed by atoms with van der Waals surface area (Å²) in [6.45, 7) is 17.1. The van der Waals surface area contributed by atoms with Crippen molar-refractivity contribution in [3.8, 4) is 22.4 Å². The molecule has 304 valence electrons. The van der Waals surface area contributed by atoms with Gasteiger partial charge in [0, 0.05) is 85.2 Å². The zero-order valence-corrected chi connectivity index (χ0v) is 34.4. The van der Waals surface area contributed by atoms with Crippen LogP contribution in [-0.2, 0) is 16.6 Å². The summed E-state index contributed by atoms with van der Waals surface area (Å²) < 4.78 is 5.31. The van der Waals surface area contributed by atoms with E-state index in [9.17, 15) is 14.4 Å². The van der Waals surface area contributed by atoms with E-state index in [-0.39, 0.29) is 35.1 Å². The molecule has 0 aliphatic carbocycles. The Kier molecular flexibility index (Phi) is 10.7. The lowest BCUT2D eigenvalue weighted by Gasteiger charge is -2.36. The lowest BCUT2D eigenvalue weighted by molar-refractivity contribution is -0.120. The minimum absolute atomic E-state index is 0.0209. The predicted octanol–water partition coefficient (Wildman–Crippen LogP) is 6.89. The fourth-order valence-corrected chi connectivity index (χ4v) is 7.91. The van der Waals surface area contributed by atoms with Gasteiger partial charge in [-0.05, 0) is 85.3 Å². The summed E-state index contributed by atoms with van der Waals surface area (Å²) >= 11 is 0. The van der Waals surface area contributed by atoms with Crippen molar-refractivity contribution in [3.05, 3.63) is 107 Å². The molecule has 14 nitrogen and oxygen atoms in total. The second kappa shape index (κ2) is 16.1. The van der Waals surface area contributed by atoms with Crippen molar-refractivity contribution in [2.75, 3.05) is 49.1 Å². The molecule has 8 rings (SSSR count). The third-order valence-corrected chi connectivity index (χ3v) is 11.3. The topological polar surface area (TPSA) is 165 Å². The van der Waals surface area contributed by atoms with Gasteiger partial charge in [0.25, 0.3) is 11.7 Å². The predicted molar refractivity (Wildman–Crippen MR) is 227 cm³/mol. The highest BCUT2D eigenvalue weighted by Gasteiger charge is 2.27. The number of urea groups is 1. The molecule has 59 heavy (non-hydrogen) atoms. The maximum absolute atomic E-state index is 12.9. The number of hydrogen-bond acceptors (Lipinski definition) is 10. The van der Waals surface area contributed by atoms with Crippen molar-refractivity contribution < 1.29 is 18.9 Å². The number of nitrogens with zero attached hydrogens (tertiary/aromatic N) is 7. The van der Waals surface area contributed by atoms with Gasteiger partial charge in [-0.1, -0.05) is 62.3 Å². The van der Waals surface area contributed by atoms with Crippen LogP contribution in [0, 0.1) is 13.8 Å². The van der Waals surface area contributed by atoms with E-state index in [1.807, 2.05) is 65.9 Å². The van der Waals surface area contributed by atoms with Crippen molar-refractivity contribution >= 4 is 40.3 Å². The van der Waals surface area contributed by atoms with Crippen LogP contribution in [0.4, 0.5) is 16.2 Å². The van der Waals surface area contributed by atoms with Gasteiger partial charge in [0.05, 0.1) is 11.7 Å². The van der Waals surface area contributed by atoms with Crippen LogP contribution in [0.1, 0.15) is 78.9 Å². The zero-order chi connectivity index (χ0) is 41.4. The van der Waals surface area contributed by atoms with Crippen molar-refractivity contribution in [2.45, 2.75) is 65.8 Å². The summed E-state index contributed by atoms with van der Waals surface area (Å²) in [4.78, 5) is 52.4. The molecule has 3 N–H and O–H groups in total. The van der Waals surface area contributed by atoms with Gasteiger partial charge in [-0.15, -0.1) is 0 Å². The quantitative estimate of drug-likeness (QED) is 0.133. The Morgan fingerprint density at radius 3 is 2.36 bits per heavy atom. The van der Waals surface area contributed by atoms with Gasteiger partial charge in [-0.25, -0.2) is 9.78 Å². The van der Waals surface area contributed by atoms with Crippen LogP contribution >= 0.6 is 0 Å². The minimum Gasteiger partial charge on any atom is -0.369 e. The summed E-state index contributed by atoms with van der Waals surface area (Å²) in [6, 6.07) is 22.6. The first kappa shape index (κ1) is 39.4. The molecule has 2 aliphatic heterocycles. The average Bonchev–Trinajstić information content (AvgIpc) is 3.90. The van der Waals surface area contributed by atoms with Gasteiger partial charge in [0.15, 0.2) is 5.65 Å². The Hall–Kier alpha value is -6.41. The van der Waals surface area contributed by atoms with Gasteiger partial charge >= 0.3 is 6.03 Å². The van der Waals surface area contributed by atoms with Gasteiger partial charge in [0.1, 0.15) is 0 Å². The van der Waals surface area contributed by atoms with E-state index >= 15 is 0 Å². The van der Waals surface area contributed by atoms with Crippen LogP contribution in [0.25, 0.3) is 33.4 Å². The van der Waals surface area contributed by atoms with Crippen LogP contribution in [0.3, 0.4) is 0 Å². The number of hydrogen-bond donors (Lipinski definition) is 3. The number of carbonyl (C=O) groups excluding carboxylic acids is 3. The first-order valence-corrected chi connectivity index (χ1v) is 20.2. The molecule has 3 aromatic carbocycles. The smallest absolute Gasteiger partial charge is 0.328 e. The van der Waals surface area contributed by atoms with Gasteiger partial charge in [0.2, 0.25) is 11.8 Å². The molecule has 6 aromatic rings. The summed E-state index contributed by atoms with van der Waals surface area (Å²) in [5, 5.41) is 17.9. The molecule has 0 spiro atoms. The van der Waals surface area contributed by atoms with Gasteiger partial charge < -0.3 is 14.7 Å². The number of benzene rings is 3. The molecule has 0 unspecified atom stereocenters. The number of carbonyl (C=O) groups is 3. The molecule has 4 amide bonds. The first-order valence-electron chi connectivity index (χ1n) is 20.2. The van der Waals surface area contributed by atoms with Crippen LogP contribution in [0.15, 0.2) is 77.4 Å². The van der Waals surface area contributed by atoms with Crippen LogP contribution < -0.4 is 20.4 Å². The van der Waals surface area contributed by atoms with E-state index in [1.165, 1.54) is 11.3 Å².